The van der Waals surface area contributed by atoms with E-state index in [1.807, 2.05) is 10.6 Å². The largest absolute Gasteiger partial charge is 0.371 e. The highest BCUT2D eigenvalue weighted by molar-refractivity contribution is 6.08. The first-order chi connectivity index (χ1) is 16.8. The van der Waals surface area contributed by atoms with Crippen LogP contribution in [0.3, 0.4) is 0 Å². The summed E-state index contributed by atoms with van der Waals surface area (Å²) < 4.78 is 0. The predicted molar refractivity (Wildman–Crippen MR) is 134 cm³/mol. The Morgan fingerprint density at radius 2 is 0.944 bits per heavy atom. The number of carbonyl (C=O) groups excluding carboxylic acids is 2. The van der Waals surface area contributed by atoms with E-state index in [2.05, 4.69) is 6.92 Å². The van der Waals surface area contributed by atoms with Crippen molar-refractivity contribution in [3.8, 4) is 0 Å². The van der Waals surface area contributed by atoms with Gasteiger partial charge in [-0.25, -0.2) is 0 Å². The fraction of sp³-hybridized carbons (Fsp3) is 0.840. The van der Waals surface area contributed by atoms with Gasteiger partial charge in [-0.1, -0.05) is 96.1 Å². The summed E-state index contributed by atoms with van der Waals surface area (Å²) in [6.07, 6.45) is 19.3. The van der Waals surface area contributed by atoms with Gasteiger partial charge in [-0.3, -0.25) is 9.59 Å². The van der Waals surface area contributed by atoms with E-state index in [0.717, 1.165) is 19.3 Å². The highest BCUT2D eigenvalue weighted by Crippen LogP contribution is 2.15. The van der Waals surface area contributed by atoms with Gasteiger partial charge in [0.05, 0.1) is 13.1 Å². The van der Waals surface area contributed by atoms with Crippen molar-refractivity contribution in [2.45, 2.75) is 121 Å². The lowest BCUT2D eigenvalue weighted by Gasteiger charge is -2.27. The number of hydrogen-bond acceptors (Lipinski definition) is 9. The molecule has 0 unspecified atom stereocenters. The van der Waals surface area contributed by atoms with E-state index >= 15 is 0 Å². The normalized spacial score (nSPS) is 12.8. The van der Waals surface area contributed by atoms with Crippen LogP contribution in [-0.2, 0) is 9.59 Å². The Kier molecular flexibility index (Phi) is 17.8. The fourth-order valence-electron chi connectivity index (χ4n) is 3.63. The lowest BCUT2D eigenvalue weighted by molar-refractivity contribution is -0.306. The third kappa shape index (κ3) is 18.6. The lowest BCUT2D eigenvalue weighted by atomic mass is 9.96. The van der Waals surface area contributed by atoms with Crippen LogP contribution in [0.1, 0.15) is 103 Å². The van der Waals surface area contributed by atoms with Gasteiger partial charge < -0.3 is 46.4 Å². The summed E-state index contributed by atoms with van der Waals surface area (Å²) in [4.78, 5) is 24.6. The average molecular weight is 521 g/mol. The van der Waals surface area contributed by atoms with E-state index in [1.54, 1.807) is 6.08 Å². The quantitative estimate of drug-likeness (QED) is 0.0425. The van der Waals surface area contributed by atoms with Gasteiger partial charge in [0.25, 0.3) is 23.8 Å². The van der Waals surface area contributed by atoms with Crippen molar-refractivity contribution >= 4 is 11.8 Å². The monoisotopic (exact) mass is 520 g/mol. The first kappa shape index (κ1) is 34.4. The van der Waals surface area contributed by atoms with Gasteiger partial charge in [0.15, 0.2) is 0 Å². The minimum absolute atomic E-state index is 0.506. The molecule has 11 nitrogen and oxygen atoms in total. The number of nitrogens with one attached hydrogen (secondary N) is 2. The molecule has 0 rings (SSSR count). The Morgan fingerprint density at radius 3 is 1.31 bits per heavy atom. The minimum atomic E-state index is -3.26. The van der Waals surface area contributed by atoms with Crippen molar-refractivity contribution in [1.82, 2.24) is 10.6 Å². The van der Waals surface area contributed by atoms with Gasteiger partial charge in [0.2, 0.25) is 5.60 Å². The van der Waals surface area contributed by atoms with E-state index in [4.69, 9.17) is 30.6 Å². The van der Waals surface area contributed by atoms with E-state index in [-0.39, 0.29) is 0 Å². The Bertz CT molecular complexity index is 598. The van der Waals surface area contributed by atoms with Crippen LogP contribution in [-0.4, -0.2) is 78.2 Å². The molecular weight excluding hydrogens is 472 g/mol. The van der Waals surface area contributed by atoms with Crippen molar-refractivity contribution in [2.75, 3.05) is 13.1 Å². The van der Waals surface area contributed by atoms with E-state index in [9.17, 15) is 14.7 Å². The van der Waals surface area contributed by atoms with Crippen LogP contribution in [0.4, 0.5) is 0 Å². The van der Waals surface area contributed by atoms with Gasteiger partial charge in [-0.05, 0) is 12.8 Å². The molecule has 0 atom stereocenters. The first-order valence-corrected chi connectivity index (χ1v) is 13.1. The second-order valence-corrected chi connectivity index (χ2v) is 9.48. The number of hydrogen-bond donors (Lipinski definition) is 9. The van der Waals surface area contributed by atoms with Crippen molar-refractivity contribution in [2.24, 2.45) is 0 Å². The van der Waals surface area contributed by atoms with Crippen LogP contribution in [0.25, 0.3) is 0 Å². The molecule has 11 heteroatoms. The molecule has 0 aliphatic carbocycles. The maximum Gasteiger partial charge on any atom is 0.293 e. The van der Waals surface area contributed by atoms with Gasteiger partial charge in [-0.2, -0.15) is 0 Å². The standard InChI is InChI=1S/C25H48N2O9/c1-2-3-4-5-6-7-8-9-10-11-12-13-14-15-16-17-18-23(30,21(28)26-19-24(31,32)33)22(29)27-20-25(34,35)36/h16-17,30-36H,2-15,18-20H2,1H3,(H,26,28)(H,27,29). The summed E-state index contributed by atoms with van der Waals surface area (Å²) in [7, 11) is 0. The lowest BCUT2D eigenvalue weighted by Crippen LogP contribution is -2.60. The van der Waals surface area contributed by atoms with Gasteiger partial charge in [-0.15, -0.1) is 0 Å². The molecule has 36 heavy (non-hydrogen) atoms. The summed E-state index contributed by atoms with van der Waals surface area (Å²) in [5.74, 6) is -9.22. The summed E-state index contributed by atoms with van der Waals surface area (Å²) in [6, 6.07) is 0. The Hall–Kier alpha value is -1.60. The molecule has 0 aromatic heterocycles. The molecule has 0 bridgehead atoms. The summed E-state index contributed by atoms with van der Waals surface area (Å²) >= 11 is 0. The summed E-state index contributed by atoms with van der Waals surface area (Å²) in [5.41, 5.74) is -2.76. The molecule has 2 amide bonds. The first-order valence-electron chi connectivity index (χ1n) is 13.1. The smallest absolute Gasteiger partial charge is 0.293 e. The Balaban J connectivity index is 4.31. The van der Waals surface area contributed by atoms with Crippen LogP contribution in [0.15, 0.2) is 12.2 Å². The number of allylic oxidation sites excluding steroid dienone is 1. The van der Waals surface area contributed by atoms with Crippen LogP contribution in [0.2, 0.25) is 0 Å². The van der Waals surface area contributed by atoms with E-state index in [1.165, 1.54) is 70.3 Å². The second-order valence-electron chi connectivity index (χ2n) is 9.48. The second kappa shape index (κ2) is 18.6. The number of rotatable bonds is 22. The Labute approximate surface area is 214 Å². The summed E-state index contributed by atoms with van der Waals surface area (Å²) in [6.45, 7) is 0.0453. The third-order valence-corrected chi connectivity index (χ3v) is 5.78. The zero-order chi connectivity index (χ0) is 27.5. The molecule has 212 valence electrons. The maximum absolute atomic E-state index is 12.3. The van der Waals surface area contributed by atoms with Crippen molar-refractivity contribution in [3.63, 3.8) is 0 Å². The molecule has 0 radical (unpaired) electrons. The number of amides is 2. The number of carbonyl (C=O) groups is 2. The van der Waals surface area contributed by atoms with E-state index < -0.39 is 48.9 Å². The molecule has 9 N–H and O–H groups in total. The predicted octanol–water partition coefficient (Wildman–Crippen LogP) is 0.639. The molecule has 0 fully saturated rings. The molecule has 0 spiro atoms. The highest BCUT2D eigenvalue weighted by Gasteiger charge is 2.44. The van der Waals surface area contributed by atoms with Crippen LogP contribution >= 0.6 is 0 Å². The van der Waals surface area contributed by atoms with Crippen molar-refractivity contribution < 1.29 is 45.3 Å². The molecule has 0 saturated carbocycles. The van der Waals surface area contributed by atoms with Gasteiger partial charge in [0.1, 0.15) is 0 Å². The third-order valence-electron chi connectivity index (χ3n) is 5.78. The molecule has 0 saturated heterocycles. The zero-order valence-corrected chi connectivity index (χ0v) is 21.6. The maximum atomic E-state index is 12.3. The topological polar surface area (TPSA) is 200 Å². The van der Waals surface area contributed by atoms with Gasteiger partial charge in [0, 0.05) is 6.42 Å². The molecule has 0 aromatic rings. The number of aliphatic hydroxyl groups is 7. The zero-order valence-electron chi connectivity index (χ0n) is 21.6. The Morgan fingerprint density at radius 1 is 0.583 bits per heavy atom. The molecule has 0 heterocycles. The van der Waals surface area contributed by atoms with Crippen LogP contribution in [0.5, 0.6) is 0 Å². The molecule has 0 aromatic carbocycles. The van der Waals surface area contributed by atoms with Crippen LogP contribution in [0, 0.1) is 0 Å². The SMILES string of the molecule is CCCCCCCCCCCCCCCC=CCC(O)(C(=O)NCC(O)(O)O)C(=O)NCC(O)(O)O. The summed E-state index contributed by atoms with van der Waals surface area (Å²) in [5, 5.41) is 67.7. The average Bonchev–Trinajstić information content (AvgIpc) is 2.79. The van der Waals surface area contributed by atoms with Crippen LogP contribution < -0.4 is 10.6 Å². The minimum Gasteiger partial charge on any atom is -0.371 e. The van der Waals surface area contributed by atoms with Crippen molar-refractivity contribution in [1.29, 1.82) is 0 Å². The van der Waals surface area contributed by atoms with Gasteiger partial charge >= 0.3 is 0 Å². The molecule has 0 aliphatic heterocycles. The van der Waals surface area contributed by atoms with E-state index in [0.29, 0.717) is 6.42 Å². The van der Waals surface area contributed by atoms with Crippen molar-refractivity contribution in [3.05, 3.63) is 12.2 Å². The molecule has 0 aliphatic rings. The molecular formula is C25H48N2O9. The fourth-order valence-corrected chi connectivity index (χ4v) is 3.63. The number of unbranched alkanes of at least 4 members (excludes halogenated alkanes) is 13. The highest BCUT2D eigenvalue weighted by atomic mass is 16.7.